The minimum Gasteiger partial charge on any atom is -0.383 e. The number of hydrogen-bond acceptors (Lipinski definition) is 12. The van der Waals surface area contributed by atoms with Crippen LogP contribution in [0.5, 0.6) is 0 Å². The lowest BCUT2D eigenvalue weighted by Crippen LogP contribution is -2.48. The van der Waals surface area contributed by atoms with Crippen molar-refractivity contribution < 1.29 is 13.9 Å². The minimum absolute atomic E-state index is 0.0121. The third-order valence-electron chi connectivity index (χ3n) is 7.36. The molecule has 0 aromatic carbocycles. The number of piperazine rings is 1. The van der Waals surface area contributed by atoms with Crippen LogP contribution < -0.4 is 20.4 Å². The summed E-state index contributed by atoms with van der Waals surface area (Å²) in [6.07, 6.45) is 5.53. The van der Waals surface area contributed by atoms with Gasteiger partial charge in [0.05, 0.1) is 19.3 Å². The van der Waals surface area contributed by atoms with Gasteiger partial charge >= 0.3 is 0 Å². The summed E-state index contributed by atoms with van der Waals surface area (Å²) in [7, 11) is 1.70. The summed E-state index contributed by atoms with van der Waals surface area (Å²) >= 11 is 0. The zero-order valence-corrected chi connectivity index (χ0v) is 22.3. The molecule has 3 aromatic rings. The van der Waals surface area contributed by atoms with Crippen LogP contribution in [-0.2, 0) is 9.53 Å². The number of aromatic amines is 1. The second-order valence-corrected chi connectivity index (χ2v) is 10.3. The number of aromatic nitrogens is 7. The Labute approximate surface area is 230 Å². The summed E-state index contributed by atoms with van der Waals surface area (Å²) in [4.78, 5) is 41.3. The first-order chi connectivity index (χ1) is 19.6. The largest absolute Gasteiger partial charge is 0.383 e. The monoisotopic (exact) mass is 552 g/mol. The van der Waals surface area contributed by atoms with Crippen LogP contribution in [0.4, 0.5) is 33.9 Å². The third-order valence-corrected chi connectivity index (χ3v) is 7.36. The van der Waals surface area contributed by atoms with E-state index in [-0.39, 0.29) is 24.9 Å². The summed E-state index contributed by atoms with van der Waals surface area (Å²) in [5, 5.41) is 13.4. The number of H-pyrrole nitrogens is 1. The third kappa shape index (κ3) is 6.09. The Hall–Kier alpha value is -3.98. The maximum Gasteiger partial charge on any atom is 0.248 e. The predicted octanol–water partition coefficient (Wildman–Crippen LogP) is 1.33. The highest BCUT2D eigenvalue weighted by Crippen LogP contribution is 2.39. The minimum atomic E-state index is -1.22. The molecule has 1 aliphatic carbocycles. The molecule has 3 aliphatic rings. The van der Waals surface area contributed by atoms with Crippen LogP contribution in [0.3, 0.4) is 0 Å². The number of nitrogens with zero attached hydrogens (tertiary/aromatic N) is 9. The van der Waals surface area contributed by atoms with Crippen molar-refractivity contribution in [2.45, 2.75) is 37.4 Å². The van der Waals surface area contributed by atoms with Crippen molar-refractivity contribution in [1.29, 1.82) is 0 Å². The molecule has 14 nitrogen and oxygen atoms in total. The molecule has 1 amide bonds. The zero-order chi connectivity index (χ0) is 27.5. The number of methoxy groups -OCH3 is 1. The van der Waals surface area contributed by atoms with Gasteiger partial charge in [0.1, 0.15) is 12.2 Å². The van der Waals surface area contributed by atoms with Gasteiger partial charge in [0.15, 0.2) is 11.6 Å². The van der Waals surface area contributed by atoms with Crippen LogP contribution in [0.1, 0.15) is 30.9 Å². The Balaban J connectivity index is 1.26. The van der Waals surface area contributed by atoms with Crippen molar-refractivity contribution in [1.82, 2.24) is 40.0 Å². The van der Waals surface area contributed by atoms with Crippen molar-refractivity contribution in [2.75, 3.05) is 73.4 Å². The van der Waals surface area contributed by atoms with E-state index in [4.69, 9.17) is 14.7 Å². The summed E-state index contributed by atoms with van der Waals surface area (Å²) in [6.45, 7) is 4.60. The molecular weight excluding hydrogens is 519 g/mol. The molecule has 0 bridgehead atoms. The Morgan fingerprint density at radius 1 is 1.12 bits per heavy atom. The lowest BCUT2D eigenvalue weighted by Gasteiger charge is -2.35. The van der Waals surface area contributed by atoms with E-state index in [1.54, 1.807) is 12.0 Å². The molecule has 3 N–H and O–H groups in total. The van der Waals surface area contributed by atoms with Gasteiger partial charge in [-0.3, -0.25) is 19.8 Å². The summed E-state index contributed by atoms with van der Waals surface area (Å²) in [5.41, 5.74) is 1.07. The lowest BCUT2D eigenvalue weighted by molar-refractivity contribution is -0.117. The average Bonchev–Trinajstić information content (AvgIpc) is 3.59. The van der Waals surface area contributed by atoms with Gasteiger partial charge in [-0.25, -0.2) is 9.37 Å². The number of amides is 1. The average molecular weight is 553 g/mol. The smallest absolute Gasteiger partial charge is 0.248 e. The van der Waals surface area contributed by atoms with Gasteiger partial charge in [0, 0.05) is 76.3 Å². The lowest BCUT2D eigenvalue weighted by atomic mass is 10.2. The van der Waals surface area contributed by atoms with Gasteiger partial charge in [-0.05, 0) is 12.8 Å². The van der Waals surface area contributed by atoms with E-state index < -0.39 is 18.1 Å². The molecule has 1 saturated carbocycles. The fraction of sp³-hybridized carbons (Fsp3) is 0.560. The van der Waals surface area contributed by atoms with Crippen LogP contribution in [0.15, 0.2) is 24.7 Å². The highest BCUT2D eigenvalue weighted by Gasteiger charge is 2.39. The Bertz CT molecular complexity index is 1300. The van der Waals surface area contributed by atoms with Crippen LogP contribution in [0.2, 0.25) is 0 Å². The Morgan fingerprint density at radius 3 is 2.70 bits per heavy atom. The normalized spacial score (nSPS) is 21.6. The molecule has 40 heavy (non-hydrogen) atoms. The fourth-order valence-corrected chi connectivity index (χ4v) is 5.02. The first-order valence-corrected chi connectivity index (χ1v) is 13.6. The van der Waals surface area contributed by atoms with Crippen molar-refractivity contribution in [3.63, 3.8) is 0 Å². The molecule has 212 valence electrons. The van der Waals surface area contributed by atoms with E-state index in [9.17, 15) is 9.18 Å². The number of carbonyl (C=O) groups is 1. The fourth-order valence-electron chi connectivity index (χ4n) is 5.02. The number of nitrogens with one attached hydrogen (secondary N) is 3. The van der Waals surface area contributed by atoms with Crippen LogP contribution in [0.25, 0.3) is 0 Å². The van der Waals surface area contributed by atoms with E-state index in [0.29, 0.717) is 43.2 Å². The van der Waals surface area contributed by atoms with E-state index in [1.165, 1.54) is 18.6 Å². The number of ether oxygens (including phenoxy) is 1. The van der Waals surface area contributed by atoms with Gasteiger partial charge in [-0.2, -0.15) is 20.1 Å². The number of halogens is 1. The first kappa shape index (κ1) is 26.3. The second-order valence-electron chi connectivity index (χ2n) is 10.3. The van der Waals surface area contributed by atoms with E-state index in [0.717, 1.165) is 38.2 Å². The molecule has 2 aliphatic heterocycles. The van der Waals surface area contributed by atoms with Crippen molar-refractivity contribution in [3.8, 4) is 0 Å². The SMILES string of the molecule is COCCN1CCN(c2nc(Nc3cc(C4CC4)[nH]n3)nc(N3C[C@H](F)C[C@H]3C(=O)Nc3cnccn3)n2)CC1. The maximum absolute atomic E-state index is 14.8. The quantitative estimate of drug-likeness (QED) is 0.332. The predicted molar refractivity (Wildman–Crippen MR) is 146 cm³/mol. The van der Waals surface area contributed by atoms with Gasteiger partial charge in [-0.1, -0.05) is 0 Å². The Morgan fingerprint density at radius 2 is 1.95 bits per heavy atom. The summed E-state index contributed by atoms with van der Waals surface area (Å²) in [5.74, 6) is 1.98. The summed E-state index contributed by atoms with van der Waals surface area (Å²) in [6, 6.07) is 1.14. The molecule has 15 heteroatoms. The van der Waals surface area contributed by atoms with Gasteiger partial charge < -0.3 is 25.2 Å². The van der Waals surface area contributed by atoms with Crippen molar-refractivity contribution >= 4 is 35.4 Å². The van der Waals surface area contributed by atoms with Gasteiger partial charge in [0.2, 0.25) is 23.8 Å². The number of rotatable bonds is 10. The Kier molecular flexibility index (Phi) is 7.64. The van der Waals surface area contributed by atoms with E-state index >= 15 is 0 Å². The van der Waals surface area contributed by atoms with Crippen LogP contribution in [-0.4, -0.2) is 111 Å². The molecular formula is C25H33FN12O2. The molecule has 2 saturated heterocycles. The molecule has 5 heterocycles. The molecule has 0 spiro atoms. The van der Waals surface area contributed by atoms with E-state index in [1.807, 2.05) is 6.07 Å². The number of alkyl halides is 1. The molecule has 0 radical (unpaired) electrons. The standard InChI is InChI=1S/C25H33FN12O2/c1-40-11-10-36-6-8-37(9-7-36)24-31-23(30-20-13-18(34-35-20)16-2-3-16)32-25(33-24)38-15-17(26)12-19(38)22(39)29-21-14-27-4-5-28-21/h4-5,13-14,16-17,19H,2-3,6-12,15H2,1H3,(H,28,29,39)(H2,30,31,32,33,34,35)/t17-,19+/m1/s1. The zero-order valence-electron chi connectivity index (χ0n) is 22.3. The molecule has 2 atom stereocenters. The number of anilines is 5. The van der Waals surface area contributed by atoms with Crippen molar-refractivity contribution in [2.24, 2.45) is 0 Å². The highest BCUT2D eigenvalue weighted by molar-refractivity contribution is 5.96. The number of carbonyl (C=O) groups excluding carboxylic acids is 1. The first-order valence-electron chi connectivity index (χ1n) is 13.6. The number of hydrogen-bond donors (Lipinski definition) is 3. The molecule has 3 fully saturated rings. The van der Waals surface area contributed by atoms with E-state index in [2.05, 4.69) is 45.6 Å². The van der Waals surface area contributed by atoms with Crippen LogP contribution >= 0.6 is 0 Å². The summed E-state index contributed by atoms with van der Waals surface area (Å²) < 4.78 is 20.0. The van der Waals surface area contributed by atoms with Gasteiger partial charge in [0.25, 0.3) is 0 Å². The highest BCUT2D eigenvalue weighted by atomic mass is 19.1. The van der Waals surface area contributed by atoms with Crippen molar-refractivity contribution in [3.05, 3.63) is 30.4 Å². The maximum atomic E-state index is 14.8. The molecule has 0 unspecified atom stereocenters. The second kappa shape index (κ2) is 11.6. The topological polar surface area (TPSA) is 153 Å². The van der Waals surface area contributed by atoms with Gasteiger partial charge in [-0.15, -0.1) is 0 Å². The van der Waals surface area contributed by atoms with Crippen LogP contribution in [0, 0.1) is 0 Å². The molecule has 6 rings (SSSR count). The molecule has 3 aromatic heterocycles.